The highest BCUT2D eigenvalue weighted by Crippen LogP contribution is 2.22. The molecule has 0 radical (unpaired) electrons. The maximum atomic E-state index is 11.9. The number of aliphatic hydroxyl groups excluding tert-OH is 1. The monoisotopic (exact) mass is 241 g/mol. The van der Waals surface area contributed by atoms with E-state index in [2.05, 4.69) is 6.92 Å². The molecule has 1 saturated heterocycles. The summed E-state index contributed by atoms with van der Waals surface area (Å²) in [5.41, 5.74) is 0. The number of nitrogens with zero attached hydrogens (tertiary/aromatic N) is 1. The molecule has 1 N–H and O–H groups in total. The largest absolute Gasteiger partial charge is 0.393 e. The third kappa shape index (κ3) is 5.53. The van der Waals surface area contributed by atoms with E-state index in [1.54, 1.807) is 6.92 Å². The van der Waals surface area contributed by atoms with Crippen LogP contribution in [0.1, 0.15) is 58.8 Å². The van der Waals surface area contributed by atoms with Gasteiger partial charge in [0, 0.05) is 19.5 Å². The minimum atomic E-state index is -0.362. The Hall–Kier alpha value is -0.570. The van der Waals surface area contributed by atoms with Crippen LogP contribution in [0, 0.1) is 5.92 Å². The molecular weight excluding hydrogens is 214 g/mol. The van der Waals surface area contributed by atoms with Crippen molar-refractivity contribution in [3.05, 3.63) is 0 Å². The number of hydrogen-bond donors (Lipinski definition) is 1. The summed E-state index contributed by atoms with van der Waals surface area (Å²) in [6.45, 7) is 5.81. The van der Waals surface area contributed by atoms with Gasteiger partial charge in [0.2, 0.25) is 5.91 Å². The van der Waals surface area contributed by atoms with Gasteiger partial charge >= 0.3 is 0 Å². The molecule has 0 aromatic carbocycles. The average molecular weight is 241 g/mol. The molecule has 1 aliphatic rings. The van der Waals surface area contributed by atoms with Crippen LogP contribution in [0.5, 0.6) is 0 Å². The van der Waals surface area contributed by atoms with E-state index >= 15 is 0 Å². The van der Waals surface area contributed by atoms with E-state index in [1.165, 1.54) is 19.3 Å². The predicted molar refractivity (Wildman–Crippen MR) is 69.7 cm³/mol. The first-order valence-corrected chi connectivity index (χ1v) is 7.09. The number of hydrogen-bond acceptors (Lipinski definition) is 2. The lowest BCUT2D eigenvalue weighted by molar-refractivity contribution is -0.131. The maximum absolute atomic E-state index is 11.9. The molecule has 3 heteroatoms. The Labute approximate surface area is 105 Å². The van der Waals surface area contributed by atoms with Crippen molar-refractivity contribution in [2.75, 3.05) is 13.1 Å². The molecule has 2 atom stereocenters. The van der Waals surface area contributed by atoms with Crippen LogP contribution in [0.15, 0.2) is 0 Å². The number of aliphatic hydroxyl groups is 1. The van der Waals surface area contributed by atoms with Gasteiger partial charge in [-0.3, -0.25) is 4.79 Å². The van der Waals surface area contributed by atoms with Crippen LogP contribution >= 0.6 is 0 Å². The van der Waals surface area contributed by atoms with Crippen molar-refractivity contribution in [3.63, 3.8) is 0 Å². The van der Waals surface area contributed by atoms with Gasteiger partial charge in [0.1, 0.15) is 0 Å². The molecule has 1 amide bonds. The maximum Gasteiger partial charge on any atom is 0.222 e. The number of amides is 1. The van der Waals surface area contributed by atoms with Gasteiger partial charge in [-0.05, 0) is 38.5 Å². The number of rotatable bonds is 5. The van der Waals surface area contributed by atoms with Crippen molar-refractivity contribution >= 4 is 5.91 Å². The van der Waals surface area contributed by atoms with Gasteiger partial charge in [0.25, 0.3) is 0 Å². The predicted octanol–water partition coefficient (Wildman–Crippen LogP) is 2.58. The lowest BCUT2D eigenvalue weighted by Crippen LogP contribution is -2.32. The minimum absolute atomic E-state index is 0.225. The molecule has 0 aromatic heterocycles. The molecule has 0 bridgehead atoms. The summed E-state index contributed by atoms with van der Waals surface area (Å²) in [5.74, 6) is 1.04. The fraction of sp³-hybridized carbons (Fsp3) is 0.929. The van der Waals surface area contributed by atoms with Gasteiger partial charge < -0.3 is 10.0 Å². The second-order valence-corrected chi connectivity index (χ2v) is 5.35. The molecule has 1 fully saturated rings. The third-order valence-corrected chi connectivity index (χ3v) is 3.67. The second kappa shape index (κ2) is 7.70. The van der Waals surface area contributed by atoms with E-state index in [9.17, 15) is 9.90 Å². The molecule has 0 spiro atoms. The Morgan fingerprint density at radius 1 is 1.41 bits per heavy atom. The quantitative estimate of drug-likeness (QED) is 0.803. The molecule has 2 unspecified atom stereocenters. The summed E-state index contributed by atoms with van der Waals surface area (Å²) in [5, 5.41) is 9.20. The third-order valence-electron chi connectivity index (χ3n) is 3.67. The Morgan fingerprint density at radius 2 is 2.18 bits per heavy atom. The van der Waals surface area contributed by atoms with Crippen molar-refractivity contribution in [2.45, 2.75) is 64.9 Å². The van der Waals surface area contributed by atoms with Gasteiger partial charge in [0.05, 0.1) is 6.10 Å². The SMILES string of the molecule is CCCC1CCCN(C(=O)CCC(C)O)CC1. The summed E-state index contributed by atoms with van der Waals surface area (Å²) in [6.07, 6.45) is 6.85. The van der Waals surface area contributed by atoms with E-state index in [0.717, 1.165) is 31.8 Å². The van der Waals surface area contributed by atoms with Crippen LogP contribution < -0.4 is 0 Å². The normalized spacial score (nSPS) is 23.2. The van der Waals surface area contributed by atoms with E-state index in [4.69, 9.17) is 0 Å². The molecule has 0 aromatic rings. The number of likely N-dealkylation sites (tertiary alicyclic amines) is 1. The lowest BCUT2D eigenvalue weighted by atomic mass is 9.96. The van der Waals surface area contributed by atoms with Crippen LogP contribution in [-0.4, -0.2) is 35.1 Å². The molecule has 0 aliphatic carbocycles. The van der Waals surface area contributed by atoms with Crippen LogP contribution in [0.4, 0.5) is 0 Å². The molecule has 17 heavy (non-hydrogen) atoms. The van der Waals surface area contributed by atoms with Crippen molar-refractivity contribution in [3.8, 4) is 0 Å². The Kier molecular flexibility index (Phi) is 6.56. The zero-order valence-corrected chi connectivity index (χ0v) is 11.3. The highest BCUT2D eigenvalue weighted by molar-refractivity contribution is 5.76. The molecule has 1 heterocycles. The van der Waals surface area contributed by atoms with Crippen molar-refractivity contribution in [2.24, 2.45) is 5.92 Å². The molecule has 3 nitrogen and oxygen atoms in total. The zero-order valence-electron chi connectivity index (χ0n) is 11.3. The number of carbonyl (C=O) groups excluding carboxylic acids is 1. The van der Waals surface area contributed by atoms with Gasteiger partial charge in [-0.25, -0.2) is 0 Å². The fourth-order valence-electron chi connectivity index (χ4n) is 2.60. The Morgan fingerprint density at radius 3 is 2.82 bits per heavy atom. The van der Waals surface area contributed by atoms with Crippen molar-refractivity contribution in [1.29, 1.82) is 0 Å². The summed E-state index contributed by atoms with van der Waals surface area (Å²) in [4.78, 5) is 13.9. The molecule has 1 aliphatic heterocycles. The average Bonchev–Trinajstić information content (AvgIpc) is 2.52. The highest BCUT2D eigenvalue weighted by Gasteiger charge is 2.20. The second-order valence-electron chi connectivity index (χ2n) is 5.35. The first-order chi connectivity index (χ1) is 8.13. The number of carbonyl (C=O) groups is 1. The van der Waals surface area contributed by atoms with Crippen LogP contribution in [0.3, 0.4) is 0 Å². The topological polar surface area (TPSA) is 40.5 Å². The molecule has 0 saturated carbocycles. The van der Waals surface area contributed by atoms with Crippen molar-refractivity contribution in [1.82, 2.24) is 4.90 Å². The molecule has 100 valence electrons. The van der Waals surface area contributed by atoms with Gasteiger partial charge in [-0.15, -0.1) is 0 Å². The minimum Gasteiger partial charge on any atom is -0.393 e. The first kappa shape index (κ1) is 14.5. The molecule has 1 rings (SSSR count). The standard InChI is InChI=1S/C14H27NO2/c1-3-5-13-6-4-10-15(11-9-13)14(17)8-7-12(2)16/h12-13,16H,3-11H2,1-2H3. The van der Waals surface area contributed by atoms with Crippen molar-refractivity contribution < 1.29 is 9.90 Å². The summed E-state index contributed by atoms with van der Waals surface area (Å²) < 4.78 is 0. The van der Waals surface area contributed by atoms with E-state index in [-0.39, 0.29) is 12.0 Å². The van der Waals surface area contributed by atoms with E-state index in [1.807, 2.05) is 4.90 Å². The summed E-state index contributed by atoms with van der Waals surface area (Å²) in [6, 6.07) is 0. The Bertz CT molecular complexity index is 228. The van der Waals surface area contributed by atoms with E-state index < -0.39 is 0 Å². The van der Waals surface area contributed by atoms with Crippen LogP contribution in [0.25, 0.3) is 0 Å². The van der Waals surface area contributed by atoms with Crippen LogP contribution in [-0.2, 0) is 4.79 Å². The van der Waals surface area contributed by atoms with Crippen LogP contribution in [0.2, 0.25) is 0 Å². The first-order valence-electron chi connectivity index (χ1n) is 7.09. The van der Waals surface area contributed by atoms with E-state index in [0.29, 0.717) is 12.8 Å². The lowest BCUT2D eigenvalue weighted by Gasteiger charge is -2.21. The Balaban J connectivity index is 2.32. The smallest absolute Gasteiger partial charge is 0.222 e. The summed E-state index contributed by atoms with van der Waals surface area (Å²) in [7, 11) is 0. The van der Waals surface area contributed by atoms with Gasteiger partial charge in [-0.2, -0.15) is 0 Å². The highest BCUT2D eigenvalue weighted by atomic mass is 16.3. The van der Waals surface area contributed by atoms with Gasteiger partial charge in [-0.1, -0.05) is 19.8 Å². The summed E-state index contributed by atoms with van der Waals surface area (Å²) >= 11 is 0. The molecular formula is C14H27NO2. The zero-order chi connectivity index (χ0) is 12.7. The fourth-order valence-corrected chi connectivity index (χ4v) is 2.60. The van der Waals surface area contributed by atoms with Gasteiger partial charge in [0.15, 0.2) is 0 Å².